The Balaban J connectivity index is 0.00000121. The van der Waals surface area contributed by atoms with Crippen molar-refractivity contribution in [2.75, 3.05) is 6.26 Å². The van der Waals surface area contributed by atoms with Gasteiger partial charge in [-0.15, -0.1) is 0 Å². The second kappa shape index (κ2) is 7.03. The third-order valence-electron chi connectivity index (χ3n) is 1.71. The van der Waals surface area contributed by atoms with Crippen molar-refractivity contribution in [3.63, 3.8) is 0 Å². The van der Waals surface area contributed by atoms with E-state index in [0.29, 0.717) is 5.56 Å². The Morgan fingerprint density at radius 3 is 2.06 bits per heavy atom. The van der Waals surface area contributed by atoms with Crippen molar-refractivity contribution >= 4 is 16.0 Å². The molecule has 0 aliphatic heterocycles. The molecule has 0 fully saturated rings. The van der Waals surface area contributed by atoms with Gasteiger partial charge in [0.05, 0.1) is 6.26 Å². The molecular formula is C11H17NO4S. The van der Waals surface area contributed by atoms with Crippen molar-refractivity contribution < 1.29 is 18.3 Å². The first-order valence-electron chi connectivity index (χ1n) is 5.15. The van der Waals surface area contributed by atoms with E-state index in [1.54, 1.807) is 30.3 Å². The topological polar surface area (TPSA) is 83.5 Å². The molecule has 17 heavy (non-hydrogen) atoms. The van der Waals surface area contributed by atoms with E-state index in [2.05, 4.69) is 0 Å². The van der Waals surface area contributed by atoms with Gasteiger partial charge in [0.15, 0.2) is 0 Å². The standard InChI is InChI=1S/C9H11NO4S.C2H6/c1-15(13,14)10-8(9(11)12)7-5-3-2-4-6-7;1-2/h2-6,8,10H,1H3,(H,11,12);1-2H3. The predicted octanol–water partition coefficient (Wildman–Crippen LogP) is 1.39. The molecule has 1 aromatic rings. The first-order valence-corrected chi connectivity index (χ1v) is 7.04. The lowest BCUT2D eigenvalue weighted by Gasteiger charge is -2.12. The minimum absolute atomic E-state index is 0.399. The Morgan fingerprint density at radius 1 is 1.24 bits per heavy atom. The van der Waals surface area contributed by atoms with Crippen molar-refractivity contribution in [3.05, 3.63) is 35.9 Å². The van der Waals surface area contributed by atoms with E-state index in [1.807, 2.05) is 18.6 Å². The van der Waals surface area contributed by atoms with Gasteiger partial charge in [-0.05, 0) is 5.56 Å². The quantitative estimate of drug-likeness (QED) is 0.855. The summed E-state index contributed by atoms with van der Waals surface area (Å²) in [5.41, 5.74) is 0.399. The summed E-state index contributed by atoms with van der Waals surface area (Å²) >= 11 is 0. The van der Waals surface area contributed by atoms with Crippen LogP contribution in [-0.4, -0.2) is 25.7 Å². The predicted molar refractivity (Wildman–Crippen MR) is 66.1 cm³/mol. The first kappa shape index (κ1) is 15.6. The summed E-state index contributed by atoms with van der Waals surface area (Å²) in [7, 11) is -3.55. The molecule has 2 N–H and O–H groups in total. The molecule has 0 aromatic heterocycles. The average Bonchev–Trinajstić information content (AvgIpc) is 2.28. The summed E-state index contributed by atoms with van der Waals surface area (Å²) in [5, 5.41) is 8.86. The van der Waals surface area contributed by atoms with Crippen molar-refractivity contribution in [1.82, 2.24) is 4.72 Å². The third-order valence-corrected chi connectivity index (χ3v) is 2.38. The Morgan fingerprint density at radius 2 is 1.71 bits per heavy atom. The molecule has 6 heteroatoms. The largest absolute Gasteiger partial charge is 0.480 e. The lowest BCUT2D eigenvalue weighted by Crippen LogP contribution is -2.32. The van der Waals surface area contributed by atoms with Gasteiger partial charge in [-0.1, -0.05) is 44.2 Å². The van der Waals surface area contributed by atoms with E-state index in [9.17, 15) is 13.2 Å². The molecule has 1 rings (SSSR count). The number of hydrogen-bond donors (Lipinski definition) is 2. The van der Waals surface area contributed by atoms with E-state index in [0.717, 1.165) is 6.26 Å². The third kappa shape index (κ3) is 6.03. The Kier molecular flexibility index (Phi) is 6.45. The molecular weight excluding hydrogens is 242 g/mol. The molecule has 0 saturated carbocycles. The summed E-state index contributed by atoms with van der Waals surface area (Å²) in [6, 6.07) is 6.89. The van der Waals surface area contributed by atoms with Crippen molar-refractivity contribution in [1.29, 1.82) is 0 Å². The number of hydrogen-bond acceptors (Lipinski definition) is 3. The number of nitrogens with one attached hydrogen (secondary N) is 1. The van der Waals surface area contributed by atoms with Crippen LogP contribution in [0.25, 0.3) is 0 Å². The SMILES string of the molecule is CC.CS(=O)(=O)NC(C(=O)O)c1ccccc1. The van der Waals surface area contributed by atoms with Gasteiger partial charge in [0.1, 0.15) is 6.04 Å². The zero-order chi connectivity index (χ0) is 13.5. The number of carbonyl (C=O) groups is 1. The molecule has 0 saturated heterocycles. The van der Waals surface area contributed by atoms with Crippen LogP contribution in [0.3, 0.4) is 0 Å². The van der Waals surface area contributed by atoms with E-state index in [-0.39, 0.29) is 0 Å². The van der Waals surface area contributed by atoms with E-state index in [1.165, 1.54) is 0 Å². The van der Waals surface area contributed by atoms with Crippen LogP contribution in [0.1, 0.15) is 25.5 Å². The number of carboxylic acid groups (broad SMARTS) is 1. The molecule has 96 valence electrons. The van der Waals surface area contributed by atoms with Gasteiger partial charge in [0.25, 0.3) is 0 Å². The van der Waals surface area contributed by atoms with Gasteiger partial charge >= 0.3 is 5.97 Å². The summed E-state index contributed by atoms with van der Waals surface area (Å²) in [5.74, 6) is -1.23. The number of rotatable bonds is 4. The zero-order valence-corrected chi connectivity index (χ0v) is 10.9. The van der Waals surface area contributed by atoms with Crippen LogP contribution in [0.5, 0.6) is 0 Å². The monoisotopic (exact) mass is 259 g/mol. The Hall–Kier alpha value is -1.40. The van der Waals surface area contributed by atoms with Crippen LogP contribution >= 0.6 is 0 Å². The molecule has 5 nitrogen and oxygen atoms in total. The second-order valence-electron chi connectivity index (χ2n) is 3.07. The smallest absolute Gasteiger partial charge is 0.326 e. The number of sulfonamides is 1. The minimum Gasteiger partial charge on any atom is -0.480 e. The highest BCUT2D eigenvalue weighted by molar-refractivity contribution is 7.88. The molecule has 0 spiro atoms. The highest BCUT2D eigenvalue weighted by atomic mass is 32.2. The van der Waals surface area contributed by atoms with Gasteiger partial charge in [-0.2, -0.15) is 4.72 Å². The normalized spacial score (nSPS) is 12.2. The summed E-state index contributed by atoms with van der Waals surface area (Å²) < 4.78 is 23.9. The average molecular weight is 259 g/mol. The number of benzene rings is 1. The fraction of sp³-hybridized carbons (Fsp3) is 0.364. The zero-order valence-electron chi connectivity index (χ0n) is 10.0. The molecule has 1 atom stereocenters. The Bertz CT molecular complexity index is 442. The highest BCUT2D eigenvalue weighted by Crippen LogP contribution is 2.13. The van der Waals surface area contributed by atoms with Crippen molar-refractivity contribution in [2.24, 2.45) is 0 Å². The van der Waals surface area contributed by atoms with Gasteiger partial charge in [-0.3, -0.25) is 4.79 Å². The highest BCUT2D eigenvalue weighted by Gasteiger charge is 2.22. The van der Waals surface area contributed by atoms with Gasteiger partial charge in [-0.25, -0.2) is 8.42 Å². The van der Waals surface area contributed by atoms with Gasteiger partial charge < -0.3 is 5.11 Å². The molecule has 0 aliphatic carbocycles. The van der Waals surface area contributed by atoms with Crippen LogP contribution < -0.4 is 4.72 Å². The minimum atomic E-state index is -3.55. The fourth-order valence-corrected chi connectivity index (χ4v) is 1.79. The van der Waals surface area contributed by atoms with Crippen LogP contribution in [-0.2, 0) is 14.8 Å². The number of carboxylic acids is 1. The second-order valence-corrected chi connectivity index (χ2v) is 4.85. The molecule has 1 aromatic carbocycles. The van der Waals surface area contributed by atoms with Crippen molar-refractivity contribution in [3.8, 4) is 0 Å². The van der Waals surface area contributed by atoms with Crippen LogP contribution in [0, 0.1) is 0 Å². The molecule has 0 radical (unpaired) electrons. The van der Waals surface area contributed by atoms with Gasteiger partial charge in [0.2, 0.25) is 10.0 Å². The molecule has 0 bridgehead atoms. The van der Waals surface area contributed by atoms with Crippen LogP contribution in [0.15, 0.2) is 30.3 Å². The first-order chi connectivity index (χ1) is 7.90. The molecule has 0 amide bonds. The van der Waals surface area contributed by atoms with E-state index >= 15 is 0 Å². The number of aliphatic carboxylic acids is 1. The summed E-state index contributed by atoms with van der Waals surface area (Å²) in [6.45, 7) is 4.00. The lowest BCUT2D eigenvalue weighted by atomic mass is 10.1. The Labute approximate surface area is 102 Å². The molecule has 0 aliphatic rings. The van der Waals surface area contributed by atoms with Crippen molar-refractivity contribution in [2.45, 2.75) is 19.9 Å². The maximum atomic E-state index is 10.9. The van der Waals surface area contributed by atoms with E-state index < -0.39 is 22.0 Å². The maximum Gasteiger partial charge on any atom is 0.326 e. The summed E-state index contributed by atoms with van der Waals surface area (Å²) in [6.07, 6.45) is 0.922. The van der Waals surface area contributed by atoms with Crippen LogP contribution in [0.4, 0.5) is 0 Å². The fourth-order valence-electron chi connectivity index (χ4n) is 1.12. The van der Waals surface area contributed by atoms with E-state index in [4.69, 9.17) is 5.11 Å². The lowest BCUT2D eigenvalue weighted by molar-refractivity contribution is -0.139. The van der Waals surface area contributed by atoms with Crippen LogP contribution in [0.2, 0.25) is 0 Å². The summed E-state index contributed by atoms with van der Waals surface area (Å²) in [4.78, 5) is 10.9. The maximum absolute atomic E-state index is 10.9. The molecule has 1 unspecified atom stereocenters. The van der Waals surface area contributed by atoms with Gasteiger partial charge in [0, 0.05) is 0 Å². The molecule has 0 heterocycles.